The number of carbonyl (C=O) groups excluding carboxylic acids is 1. The van der Waals surface area contributed by atoms with E-state index >= 15 is 0 Å². The number of furan rings is 1. The summed E-state index contributed by atoms with van der Waals surface area (Å²) in [6.45, 7) is 2.08. The first-order chi connectivity index (χ1) is 10.4. The zero-order valence-corrected chi connectivity index (χ0v) is 11.8. The summed E-state index contributed by atoms with van der Waals surface area (Å²) in [5, 5.41) is 5.12. The van der Waals surface area contributed by atoms with Gasteiger partial charge < -0.3 is 15.1 Å². The maximum absolute atomic E-state index is 12.6. The van der Waals surface area contributed by atoms with Gasteiger partial charge in [0.1, 0.15) is 5.76 Å². The molecule has 4 nitrogen and oxygen atoms in total. The second kappa shape index (κ2) is 6.55. The maximum Gasteiger partial charge on any atom is 0.416 e. The van der Waals surface area contributed by atoms with E-state index in [1.54, 1.807) is 13.0 Å². The van der Waals surface area contributed by atoms with Crippen LogP contribution in [-0.4, -0.2) is 6.03 Å². The van der Waals surface area contributed by atoms with Gasteiger partial charge in [0.15, 0.2) is 0 Å². The Morgan fingerprint density at radius 1 is 1.18 bits per heavy atom. The van der Waals surface area contributed by atoms with Crippen molar-refractivity contribution in [2.45, 2.75) is 26.2 Å². The minimum atomic E-state index is -4.39. The molecule has 118 valence electrons. The van der Waals surface area contributed by atoms with Gasteiger partial charge in [0.25, 0.3) is 0 Å². The van der Waals surface area contributed by atoms with E-state index in [4.69, 9.17) is 4.42 Å². The monoisotopic (exact) mass is 312 g/mol. The molecule has 2 amide bonds. The quantitative estimate of drug-likeness (QED) is 0.906. The van der Waals surface area contributed by atoms with Crippen LogP contribution in [0.1, 0.15) is 22.5 Å². The highest BCUT2D eigenvalue weighted by atomic mass is 19.4. The predicted octanol–water partition coefficient (Wildman–Crippen LogP) is 3.61. The van der Waals surface area contributed by atoms with Gasteiger partial charge in [-0.2, -0.15) is 13.2 Å². The van der Waals surface area contributed by atoms with Crippen LogP contribution in [0.15, 0.2) is 41.0 Å². The topological polar surface area (TPSA) is 54.3 Å². The van der Waals surface area contributed by atoms with Crippen molar-refractivity contribution in [2.24, 2.45) is 0 Å². The first kappa shape index (κ1) is 15.9. The Hall–Kier alpha value is -2.44. The third-order valence-corrected chi connectivity index (χ3v) is 3.11. The molecule has 1 aromatic carbocycles. The Bertz CT molecular complexity index is 650. The molecule has 2 aromatic rings. The number of halogens is 3. The number of carbonyl (C=O) groups is 1. The number of amides is 2. The Balaban J connectivity index is 1.85. The molecule has 0 aliphatic heterocycles. The summed E-state index contributed by atoms with van der Waals surface area (Å²) in [6, 6.07) is 6.12. The predicted molar refractivity (Wildman–Crippen MR) is 74.0 cm³/mol. The van der Waals surface area contributed by atoms with Crippen LogP contribution >= 0.6 is 0 Å². The molecule has 0 saturated heterocycles. The van der Waals surface area contributed by atoms with Gasteiger partial charge in [0, 0.05) is 18.7 Å². The molecule has 0 radical (unpaired) electrons. The van der Waals surface area contributed by atoms with Gasteiger partial charge in [-0.3, -0.25) is 0 Å². The summed E-state index contributed by atoms with van der Waals surface area (Å²) in [4.78, 5) is 11.6. The molecule has 22 heavy (non-hydrogen) atoms. The number of aryl methyl sites for hydroxylation is 1. The van der Waals surface area contributed by atoms with E-state index in [1.807, 2.05) is 0 Å². The van der Waals surface area contributed by atoms with Gasteiger partial charge in [-0.1, -0.05) is 12.1 Å². The smallest absolute Gasteiger partial charge is 0.416 e. The number of alkyl halides is 3. The molecule has 1 heterocycles. The van der Waals surface area contributed by atoms with Crippen molar-refractivity contribution < 1.29 is 22.4 Å². The molecular formula is C15H15F3N2O2. The van der Waals surface area contributed by atoms with Crippen LogP contribution in [-0.2, 0) is 19.3 Å². The minimum absolute atomic E-state index is 0.0140. The van der Waals surface area contributed by atoms with E-state index in [-0.39, 0.29) is 13.1 Å². The third kappa shape index (κ3) is 4.28. The molecule has 0 atom stereocenters. The first-order valence-corrected chi connectivity index (χ1v) is 6.57. The normalized spacial score (nSPS) is 11.3. The number of urea groups is 1. The third-order valence-electron chi connectivity index (χ3n) is 3.11. The van der Waals surface area contributed by atoms with E-state index < -0.39 is 17.8 Å². The van der Waals surface area contributed by atoms with Gasteiger partial charge in [-0.25, -0.2) is 4.79 Å². The largest absolute Gasteiger partial charge is 0.469 e. The van der Waals surface area contributed by atoms with Crippen LogP contribution in [0.25, 0.3) is 0 Å². The van der Waals surface area contributed by atoms with Gasteiger partial charge in [0.2, 0.25) is 0 Å². The van der Waals surface area contributed by atoms with Crippen LogP contribution < -0.4 is 10.6 Å². The fraction of sp³-hybridized carbons (Fsp3) is 0.267. The molecule has 1 aromatic heterocycles. The Morgan fingerprint density at radius 2 is 1.91 bits per heavy atom. The highest BCUT2D eigenvalue weighted by Gasteiger charge is 2.30. The zero-order valence-electron chi connectivity index (χ0n) is 11.8. The van der Waals surface area contributed by atoms with Crippen LogP contribution in [0.3, 0.4) is 0 Å². The summed E-state index contributed by atoms with van der Waals surface area (Å²) in [5.74, 6) is 0.707. The lowest BCUT2D eigenvalue weighted by molar-refractivity contribution is -0.137. The number of nitrogens with one attached hydrogen (secondary N) is 2. The van der Waals surface area contributed by atoms with E-state index in [0.29, 0.717) is 11.3 Å². The van der Waals surface area contributed by atoms with Crippen LogP contribution in [0.4, 0.5) is 18.0 Å². The Labute approximate surface area is 125 Å². The van der Waals surface area contributed by atoms with E-state index in [0.717, 1.165) is 17.7 Å². The first-order valence-electron chi connectivity index (χ1n) is 6.57. The molecule has 0 saturated carbocycles. The summed E-state index contributed by atoms with van der Waals surface area (Å²) < 4.78 is 42.8. The summed E-state index contributed by atoms with van der Waals surface area (Å²) >= 11 is 0. The average Bonchev–Trinajstić information content (AvgIpc) is 2.88. The van der Waals surface area contributed by atoms with Crippen molar-refractivity contribution in [2.75, 3.05) is 0 Å². The summed E-state index contributed by atoms with van der Waals surface area (Å²) in [5.41, 5.74) is 0.486. The molecule has 2 N–H and O–H groups in total. The molecule has 0 fully saturated rings. The molecule has 7 heteroatoms. The Morgan fingerprint density at radius 3 is 2.55 bits per heavy atom. The van der Waals surface area contributed by atoms with Crippen molar-refractivity contribution in [3.8, 4) is 0 Å². The number of rotatable bonds is 4. The summed E-state index contributed by atoms with van der Waals surface area (Å²) in [7, 11) is 0. The minimum Gasteiger partial charge on any atom is -0.469 e. The number of hydrogen-bond acceptors (Lipinski definition) is 2. The average molecular weight is 312 g/mol. The molecule has 2 rings (SSSR count). The van der Waals surface area contributed by atoms with E-state index in [2.05, 4.69) is 10.6 Å². The molecular weight excluding hydrogens is 297 g/mol. The Kier molecular flexibility index (Phi) is 4.75. The van der Waals surface area contributed by atoms with Gasteiger partial charge in [-0.15, -0.1) is 0 Å². The lowest BCUT2D eigenvalue weighted by Gasteiger charge is -2.10. The lowest BCUT2D eigenvalue weighted by atomic mass is 10.1. The molecule has 0 bridgehead atoms. The van der Waals surface area contributed by atoms with Crippen molar-refractivity contribution in [3.05, 3.63) is 59.0 Å². The van der Waals surface area contributed by atoms with Crippen molar-refractivity contribution in [1.82, 2.24) is 10.6 Å². The molecule has 0 aliphatic carbocycles. The van der Waals surface area contributed by atoms with Crippen molar-refractivity contribution >= 4 is 6.03 Å². The highest BCUT2D eigenvalue weighted by Crippen LogP contribution is 2.29. The van der Waals surface area contributed by atoms with Gasteiger partial charge >= 0.3 is 12.2 Å². The van der Waals surface area contributed by atoms with E-state index in [1.165, 1.54) is 18.4 Å². The highest BCUT2D eigenvalue weighted by molar-refractivity contribution is 5.73. The van der Waals surface area contributed by atoms with Crippen LogP contribution in [0, 0.1) is 6.92 Å². The second-order valence-corrected chi connectivity index (χ2v) is 4.74. The second-order valence-electron chi connectivity index (χ2n) is 4.74. The lowest BCUT2D eigenvalue weighted by Crippen LogP contribution is -2.34. The number of hydrogen-bond donors (Lipinski definition) is 2. The fourth-order valence-electron chi connectivity index (χ4n) is 1.87. The van der Waals surface area contributed by atoms with Crippen molar-refractivity contribution in [3.63, 3.8) is 0 Å². The maximum atomic E-state index is 12.6. The van der Waals surface area contributed by atoms with Crippen molar-refractivity contribution in [1.29, 1.82) is 0 Å². The zero-order chi connectivity index (χ0) is 16.2. The molecule has 0 aliphatic rings. The van der Waals surface area contributed by atoms with Crippen LogP contribution in [0.5, 0.6) is 0 Å². The van der Waals surface area contributed by atoms with Crippen LogP contribution in [0.2, 0.25) is 0 Å². The van der Waals surface area contributed by atoms with Gasteiger partial charge in [-0.05, 0) is 30.7 Å². The fourth-order valence-corrected chi connectivity index (χ4v) is 1.87. The molecule has 0 spiro atoms. The SMILES string of the molecule is Cc1occc1CNC(=O)NCc1cccc(C(F)(F)F)c1. The summed E-state index contributed by atoms with van der Waals surface area (Å²) in [6.07, 6.45) is -2.87. The standard InChI is InChI=1S/C15H15F3N2O2/c1-10-12(5-6-22-10)9-20-14(21)19-8-11-3-2-4-13(7-11)15(16,17)18/h2-7H,8-9H2,1H3,(H2,19,20,21). The van der Waals surface area contributed by atoms with E-state index in [9.17, 15) is 18.0 Å². The molecule has 0 unspecified atom stereocenters. The van der Waals surface area contributed by atoms with Gasteiger partial charge in [0.05, 0.1) is 11.8 Å². The number of benzene rings is 1.